The van der Waals surface area contributed by atoms with Crippen molar-refractivity contribution in [2.75, 3.05) is 0 Å². The van der Waals surface area contributed by atoms with Gasteiger partial charge in [-0.15, -0.1) is 0 Å². The summed E-state index contributed by atoms with van der Waals surface area (Å²) < 4.78 is 5.36. The molecule has 7 nitrogen and oxygen atoms in total. The largest absolute Gasteiger partial charge is 0.489 e. The summed E-state index contributed by atoms with van der Waals surface area (Å²) in [6.07, 6.45) is 0. The van der Waals surface area contributed by atoms with Crippen LogP contribution in [0.2, 0.25) is 0 Å². The maximum Gasteiger partial charge on any atom is 0.324 e. The molecule has 0 saturated carbocycles. The van der Waals surface area contributed by atoms with Crippen LogP contribution in [0.5, 0.6) is 5.75 Å². The molecule has 0 unspecified atom stereocenters. The van der Waals surface area contributed by atoms with E-state index in [1.165, 1.54) is 24.3 Å². The highest BCUT2D eigenvalue weighted by atomic mass is 32.1. The van der Waals surface area contributed by atoms with E-state index in [0.29, 0.717) is 11.3 Å². The first-order valence-corrected chi connectivity index (χ1v) is 6.03. The van der Waals surface area contributed by atoms with Crippen LogP contribution in [0.15, 0.2) is 35.7 Å². The standard InChI is InChI=1S/C11H8N2O5S/c14-12(15)9-2-1-3-10(5-9)18-6-8-4-11(13(16)17)19-7-8/h1-5,7H,6H2. The normalized spacial score (nSPS) is 10.1. The van der Waals surface area contributed by atoms with Crippen molar-refractivity contribution in [2.24, 2.45) is 0 Å². The van der Waals surface area contributed by atoms with Crippen LogP contribution < -0.4 is 4.74 Å². The Bertz CT molecular complexity index is 625. The number of hydrogen-bond donors (Lipinski definition) is 0. The van der Waals surface area contributed by atoms with Gasteiger partial charge in [0, 0.05) is 23.1 Å². The summed E-state index contributed by atoms with van der Waals surface area (Å²) in [5.41, 5.74) is 0.594. The molecule has 0 bridgehead atoms. The third-order valence-electron chi connectivity index (χ3n) is 2.25. The molecule has 0 aliphatic carbocycles. The zero-order valence-electron chi connectivity index (χ0n) is 9.52. The Kier molecular flexibility index (Phi) is 3.71. The average molecular weight is 280 g/mol. The van der Waals surface area contributed by atoms with Gasteiger partial charge in [0.25, 0.3) is 5.69 Å². The highest BCUT2D eigenvalue weighted by Crippen LogP contribution is 2.25. The maximum atomic E-state index is 10.6. The first-order valence-electron chi connectivity index (χ1n) is 5.15. The number of nitro groups is 2. The fourth-order valence-electron chi connectivity index (χ4n) is 1.39. The average Bonchev–Trinajstić information content (AvgIpc) is 2.85. The second-order valence-corrected chi connectivity index (χ2v) is 4.48. The van der Waals surface area contributed by atoms with Crippen LogP contribution in [0.3, 0.4) is 0 Å². The highest BCUT2D eigenvalue weighted by Gasteiger charge is 2.11. The van der Waals surface area contributed by atoms with Crippen LogP contribution in [0.4, 0.5) is 10.7 Å². The van der Waals surface area contributed by atoms with Gasteiger partial charge in [-0.1, -0.05) is 17.4 Å². The van der Waals surface area contributed by atoms with E-state index in [1.54, 1.807) is 11.4 Å². The molecular formula is C11H8N2O5S. The van der Waals surface area contributed by atoms with Crippen LogP contribution in [-0.2, 0) is 6.61 Å². The number of nitrogens with zero attached hydrogens (tertiary/aromatic N) is 2. The van der Waals surface area contributed by atoms with Crippen molar-refractivity contribution in [1.29, 1.82) is 0 Å². The fourth-order valence-corrected chi connectivity index (χ4v) is 2.10. The molecule has 98 valence electrons. The van der Waals surface area contributed by atoms with Gasteiger partial charge >= 0.3 is 5.00 Å². The van der Waals surface area contributed by atoms with E-state index in [-0.39, 0.29) is 17.3 Å². The first-order chi connectivity index (χ1) is 9.06. The third kappa shape index (κ3) is 3.26. The second-order valence-electron chi connectivity index (χ2n) is 3.59. The van der Waals surface area contributed by atoms with Crippen LogP contribution in [0.25, 0.3) is 0 Å². The molecule has 0 radical (unpaired) electrons. The fraction of sp³-hybridized carbons (Fsp3) is 0.0909. The molecular weight excluding hydrogens is 272 g/mol. The number of nitro benzene ring substituents is 1. The molecule has 2 aromatic rings. The molecule has 0 N–H and O–H groups in total. The number of ether oxygens (including phenoxy) is 1. The predicted molar refractivity (Wildman–Crippen MR) is 68.4 cm³/mol. The van der Waals surface area contributed by atoms with Gasteiger partial charge in [0.05, 0.1) is 15.9 Å². The monoisotopic (exact) mass is 280 g/mol. The molecule has 0 saturated heterocycles. The van der Waals surface area contributed by atoms with Crippen molar-refractivity contribution in [3.8, 4) is 5.75 Å². The lowest BCUT2D eigenvalue weighted by Crippen LogP contribution is -1.95. The van der Waals surface area contributed by atoms with E-state index < -0.39 is 9.85 Å². The first kappa shape index (κ1) is 13.0. The third-order valence-corrected chi connectivity index (χ3v) is 3.18. The number of thiophene rings is 1. The second kappa shape index (κ2) is 5.44. The lowest BCUT2D eigenvalue weighted by molar-refractivity contribution is -0.384. The number of non-ortho nitro benzene ring substituents is 1. The van der Waals surface area contributed by atoms with Crippen LogP contribution >= 0.6 is 11.3 Å². The number of hydrogen-bond acceptors (Lipinski definition) is 6. The van der Waals surface area contributed by atoms with Crippen molar-refractivity contribution in [3.05, 3.63) is 61.5 Å². The Balaban J connectivity index is 2.03. The van der Waals surface area contributed by atoms with Gasteiger partial charge in [-0.3, -0.25) is 20.2 Å². The predicted octanol–water partition coefficient (Wildman–Crippen LogP) is 3.14. The summed E-state index contributed by atoms with van der Waals surface area (Å²) in [5.74, 6) is 0.350. The minimum absolute atomic E-state index is 0.0395. The van der Waals surface area contributed by atoms with E-state index in [0.717, 1.165) is 11.3 Å². The molecule has 0 spiro atoms. The minimum atomic E-state index is -0.512. The van der Waals surface area contributed by atoms with Crippen molar-refractivity contribution < 1.29 is 14.6 Å². The van der Waals surface area contributed by atoms with Crippen molar-refractivity contribution >= 4 is 22.0 Å². The van der Waals surface area contributed by atoms with Crippen molar-refractivity contribution in [3.63, 3.8) is 0 Å². The van der Waals surface area contributed by atoms with Gasteiger partial charge in [0.1, 0.15) is 12.4 Å². The van der Waals surface area contributed by atoms with Gasteiger partial charge in [-0.05, 0) is 6.07 Å². The molecule has 1 heterocycles. The summed E-state index contributed by atoms with van der Waals surface area (Å²) in [7, 11) is 0. The summed E-state index contributed by atoms with van der Waals surface area (Å²) in [4.78, 5) is 20.1. The van der Waals surface area contributed by atoms with E-state index >= 15 is 0 Å². The summed E-state index contributed by atoms with van der Waals surface area (Å²) in [6, 6.07) is 7.20. The van der Waals surface area contributed by atoms with Crippen molar-refractivity contribution in [1.82, 2.24) is 0 Å². The maximum absolute atomic E-state index is 10.6. The Morgan fingerprint density at radius 3 is 2.58 bits per heavy atom. The van der Waals surface area contributed by atoms with Gasteiger partial charge in [0.15, 0.2) is 0 Å². The van der Waals surface area contributed by atoms with Gasteiger partial charge in [0.2, 0.25) is 0 Å². The summed E-state index contributed by atoms with van der Waals surface area (Å²) in [6.45, 7) is 0.130. The highest BCUT2D eigenvalue weighted by molar-refractivity contribution is 7.13. The van der Waals surface area contributed by atoms with Gasteiger partial charge in [-0.25, -0.2) is 0 Å². The molecule has 0 amide bonds. The number of rotatable bonds is 5. The molecule has 0 aliphatic heterocycles. The smallest absolute Gasteiger partial charge is 0.324 e. The lowest BCUT2D eigenvalue weighted by atomic mass is 10.3. The quantitative estimate of drug-likeness (QED) is 0.619. The van der Waals surface area contributed by atoms with E-state index in [9.17, 15) is 20.2 Å². The van der Waals surface area contributed by atoms with E-state index in [4.69, 9.17) is 4.74 Å². The van der Waals surface area contributed by atoms with E-state index in [1.807, 2.05) is 0 Å². The molecule has 1 aromatic heterocycles. The van der Waals surface area contributed by atoms with Crippen molar-refractivity contribution in [2.45, 2.75) is 6.61 Å². The Morgan fingerprint density at radius 2 is 1.95 bits per heavy atom. The Morgan fingerprint density at radius 1 is 1.16 bits per heavy atom. The zero-order valence-corrected chi connectivity index (χ0v) is 10.3. The number of benzene rings is 1. The Hall–Kier alpha value is -2.48. The SMILES string of the molecule is O=[N+]([O-])c1cccc(OCc2csc([N+](=O)[O-])c2)c1. The Labute approximate surface area is 111 Å². The summed E-state index contributed by atoms with van der Waals surface area (Å²) >= 11 is 1.01. The van der Waals surface area contributed by atoms with Crippen LogP contribution in [-0.4, -0.2) is 9.85 Å². The zero-order chi connectivity index (χ0) is 13.8. The van der Waals surface area contributed by atoms with Gasteiger partial charge < -0.3 is 4.74 Å². The molecule has 2 rings (SSSR count). The van der Waals surface area contributed by atoms with E-state index in [2.05, 4.69) is 0 Å². The van der Waals surface area contributed by atoms with Gasteiger partial charge in [-0.2, -0.15) is 0 Å². The minimum Gasteiger partial charge on any atom is -0.489 e. The molecule has 0 fully saturated rings. The van der Waals surface area contributed by atoms with Crippen LogP contribution in [0.1, 0.15) is 5.56 Å². The summed E-state index contributed by atoms with van der Waals surface area (Å²) in [5, 5.41) is 22.8. The molecule has 19 heavy (non-hydrogen) atoms. The van der Waals surface area contributed by atoms with Crippen LogP contribution in [0, 0.1) is 20.2 Å². The lowest BCUT2D eigenvalue weighted by Gasteiger charge is -2.03. The molecule has 0 aliphatic rings. The molecule has 1 aromatic carbocycles. The topological polar surface area (TPSA) is 95.5 Å². The molecule has 8 heteroatoms. The molecule has 0 atom stereocenters.